The van der Waals surface area contributed by atoms with Crippen LogP contribution in [0.5, 0.6) is 0 Å². The minimum Gasteiger partial charge on any atom is -1.00 e. The summed E-state index contributed by atoms with van der Waals surface area (Å²) in [5.74, 6) is 0. The third-order valence-corrected chi connectivity index (χ3v) is 0.695. The second kappa shape index (κ2) is 4.18. The Kier molecular flexibility index (Phi) is 4.33. The summed E-state index contributed by atoms with van der Waals surface area (Å²) in [5.41, 5.74) is -0.603. The maximum atomic E-state index is 10.2. The molecule has 0 aliphatic heterocycles. The van der Waals surface area contributed by atoms with Crippen molar-refractivity contribution in [3.8, 4) is 0 Å². The van der Waals surface area contributed by atoms with Gasteiger partial charge >= 0.3 is 51.4 Å². The number of aromatic amines is 2. The molecule has 1 aromatic rings. The zero-order valence-corrected chi connectivity index (χ0v) is 8.09. The maximum absolute atomic E-state index is 10.2. The van der Waals surface area contributed by atoms with E-state index in [2.05, 4.69) is 10.2 Å². The van der Waals surface area contributed by atoms with E-state index in [9.17, 15) is 9.59 Å². The molecule has 1 aromatic heterocycles. The van der Waals surface area contributed by atoms with Crippen LogP contribution in [-0.2, 0) is 0 Å². The van der Waals surface area contributed by atoms with Crippen LogP contribution in [0.3, 0.4) is 0 Å². The minimum absolute atomic E-state index is 0. The van der Waals surface area contributed by atoms with Gasteiger partial charge in [-0.25, -0.2) is 0 Å². The normalized spacial score (nSPS) is 8.00. The number of rotatable bonds is 0. The Hall–Kier alpha value is 0.316. The Morgan fingerprint density at radius 1 is 1.11 bits per heavy atom. The van der Waals surface area contributed by atoms with Crippen molar-refractivity contribution in [2.24, 2.45) is 0 Å². The average molecular weight is 152 g/mol. The number of hydrogen-bond acceptors (Lipinski definition) is 2. The van der Waals surface area contributed by atoms with Crippen molar-refractivity contribution in [2.75, 3.05) is 0 Å². The van der Waals surface area contributed by atoms with Crippen LogP contribution in [0.25, 0.3) is 0 Å². The van der Waals surface area contributed by atoms with E-state index in [0.29, 0.717) is 0 Å². The fraction of sp³-hybridized carbons (Fsp3) is 0. The molecule has 0 atom stereocenters. The fourth-order valence-electron chi connectivity index (χ4n) is 0.358. The SMILES string of the molecule is O=c1ccc(=O)[nH][nH]1.[H-].[K+]. The van der Waals surface area contributed by atoms with Gasteiger partial charge in [-0.1, -0.05) is 0 Å². The molecule has 0 aliphatic rings. The predicted octanol–water partition coefficient (Wildman–Crippen LogP) is -3.82. The third-order valence-electron chi connectivity index (χ3n) is 0.695. The zero-order valence-electron chi connectivity index (χ0n) is 5.97. The van der Waals surface area contributed by atoms with Gasteiger partial charge in [0.25, 0.3) is 11.1 Å². The van der Waals surface area contributed by atoms with E-state index in [-0.39, 0.29) is 63.9 Å². The number of aromatic nitrogens is 2. The molecule has 0 spiro atoms. The topological polar surface area (TPSA) is 65.7 Å². The Bertz CT molecular complexity index is 229. The van der Waals surface area contributed by atoms with Crippen LogP contribution in [0, 0.1) is 0 Å². The van der Waals surface area contributed by atoms with Gasteiger partial charge in [0.1, 0.15) is 0 Å². The Labute approximate surface area is 94.6 Å². The molecule has 2 N–H and O–H groups in total. The van der Waals surface area contributed by atoms with Crippen molar-refractivity contribution in [3.63, 3.8) is 0 Å². The Morgan fingerprint density at radius 2 is 1.44 bits per heavy atom. The van der Waals surface area contributed by atoms with E-state index < -0.39 is 0 Å². The van der Waals surface area contributed by atoms with Gasteiger partial charge < -0.3 is 1.43 Å². The van der Waals surface area contributed by atoms with Gasteiger partial charge in [-0.15, -0.1) is 0 Å². The van der Waals surface area contributed by atoms with Crippen LogP contribution in [0.2, 0.25) is 0 Å². The molecule has 0 amide bonds. The second-order valence-corrected chi connectivity index (χ2v) is 1.31. The fourth-order valence-corrected chi connectivity index (χ4v) is 0.358. The molecule has 44 valence electrons. The summed E-state index contributed by atoms with van der Waals surface area (Å²) in [6.45, 7) is 0. The first-order valence-electron chi connectivity index (χ1n) is 2.07. The van der Waals surface area contributed by atoms with E-state index in [1.54, 1.807) is 0 Å². The summed E-state index contributed by atoms with van der Waals surface area (Å²) in [6.07, 6.45) is 0. The molecule has 9 heavy (non-hydrogen) atoms. The summed E-state index contributed by atoms with van der Waals surface area (Å²) < 4.78 is 0. The van der Waals surface area contributed by atoms with Gasteiger partial charge in [0.2, 0.25) is 0 Å². The molecule has 0 bridgehead atoms. The summed E-state index contributed by atoms with van der Waals surface area (Å²) in [7, 11) is 0. The summed E-state index contributed by atoms with van der Waals surface area (Å²) in [4.78, 5) is 20.4. The molecule has 5 heteroatoms. The standard InChI is InChI=1S/C4H4N2O2.K.H/c7-3-1-2-4(8)6-5-3;;/h1-2H,(H,5,7)(H,6,8);;/q;+1;-1. The molecule has 0 unspecified atom stereocenters. The van der Waals surface area contributed by atoms with Crippen molar-refractivity contribution in [1.82, 2.24) is 10.2 Å². The molecular formula is C4H5KN2O2. The van der Waals surface area contributed by atoms with E-state index in [1.165, 1.54) is 12.1 Å². The quantitative estimate of drug-likeness (QED) is 0.374. The van der Waals surface area contributed by atoms with Crippen molar-refractivity contribution in [3.05, 3.63) is 32.8 Å². The number of nitrogens with one attached hydrogen (secondary N) is 2. The van der Waals surface area contributed by atoms with Crippen molar-refractivity contribution in [1.29, 1.82) is 0 Å². The smallest absolute Gasteiger partial charge is 1.00 e. The average Bonchev–Trinajstić information content (AvgIpc) is 1.77. The van der Waals surface area contributed by atoms with Crippen LogP contribution in [0.1, 0.15) is 1.43 Å². The Morgan fingerprint density at radius 3 is 1.67 bits per heavy atom. The van der Waals surface area contributed by atoms with Gasteiger partial charge in [-0.05, 0) is 0 Å². The summed E-state index contributed by atoms with van der Waals surface area (Å²) in [5, 5.41) is 4.21. The Balaban J connectivity index is 0. The first-order chi connectivity index (χ1) is 3.79. The zero-order chi connectivity index (χ0) is 5.98. The van der Waals surface area contributed by atoms with Crippen LogP contribution in [0.15, 0.2) is 21.7 Å². The second-order valence-electron chi connectivity index (χ2n) is 1.31. The van der Waals surface area contributed by atoms with Crippen molar-refractivity contribution >= 4 is 0 Å². The van der Waals surface area contributed by atoms with Gasteiger partial charge in [0.05, 0.1) is 0 Å². The molecule has 4 nitrogen and oxygen atoms in total. The largest absolute Gasteiger partial charge is 1.00 e. The molecular weight excluding hydrogens is 147 g/mol. The molecule has 0 radical (unpaired) electrons. The monoisotopic (exact) mass is 152 g/mol. The molecule has 0 fully saturated rings. The number of H-pyrrole nitrogens is 2. The molecule has 0 aromatic carbocycles. The predicted molar refractivity (Wildman–Crippen MR) is 28.8 cm³/mol. The van der Waals surface area contributed by atoms with Gasteiger partial charge in [0.15, 0.2) is 0 Å². The molecule has 0 aliphatic carbocycles. The van der Waals surface area contributed by atoms with Crippen LogP contribution >= 0.6 is 0 Å². The molecule has 1 heterocycles. The van der Waals surface area contributed by atoms with Crippen molar-refractivity contribution in [2.45, 2.75) is 0 Å². The van der Waals surface area contributed by atoms with Crippen LogP contribution < -0.4 is 62.5 Å². The summed E-state index contributed by atoms with van der Waals surface area (Å²) in [6, 6.07) is 2.33. The van der Waals surface area contributed by atoms with Crippen molar-refractivity contribution < 1.29 is 52.8 Å². The number of hydrogen-bond donors (Lipinski definition) is 2. The van der Waals surface area contributed by atoms with E-state index in [0.717, 1.165) is 0 Å². The molecule has 0 saturated heterocycles. The van der Waals surface area contributed by atoms with E-state index >= 15 is 0 Å². The van der Waals surface area contributed by atoms with E-state index in [4.69, 9.17) is 0 Å². The van der Waals surface area contributed by atoms with E-state index in [1.807, 2.05) is 0 Å². The third kappa shape index (κ3) is 3.12. The first-order valence-corrected chi connectivity index (χ1v) is 2.07. The van der Waals surface area contributed by atoms with Gasteiger partial charge in [-0.3, -0.25) is 19.8 Å². The first kappa shape index (κ1) is 9.32. The molecule has 0 saturated carbocycles. The van der Waals surface area contributed by atoms with Gasteiger partial charge in [0, 0.05) is 12.1 Å². The summed E-state index contributed by atoms with van der Waals surface area (Å²) >= 11 is 0. The minimum atomic E-state index is -0.301. The molecule has 1 rings (SSSR count). The van der Waals surface area contributed by atoms with Crippen LogP contribution in [-0.4, -0.2) is 10.2 Å². The maximum Gasteiger partial charge on any atom is 1.00 e. The van der Waals surface area contributed by atoms with Crippen LogP contribution in [0.4, 0.5) is 0 Å². The van der Waals surface area contributed by atoms with Gasteiger partial charge in [-0.2, -0.15) is 0 Å².